The van der Waals surface area contributed by atoms with Crippen LogP contribution in [0.4, 0.5) is 4.79 Å². The van der Waals surface area contributed by atoms with E-state index < -0.39 is 81.9 Å². The molecule has 420 valence electrons. The Bertz CT molecular complexity index is 2030. The molecule has 16 nitrogen and oxygen atoms in total. The summed E-state index contributed by atoms with van der Waals surface area (Å²) in [5.41, 5.74) is 14.8. The van der Waals surface area contributed by atoms with Gasteiger partial charge in [-0.05, 0) is 90.8 Å². The van der Waals surface area contributed by atoms with E-state index in [0.29, 0.717) is 37.8 Å². The molecule has 6 fully saturated rings. The summed E-state index contributed by atoms with van der Waals surface area (Å²) in [7, 11) is 0. The number of nitrogens with zero attached hydrogens (tertiary/aromatic N) is 2. The maximum absolute atomic E-state index is 13.9. The van der Waals surface area contributed by atoms with Crippen molar-refractivity contribution < 1.29 is 52.8 Å². The fraction of sp³-hybridized carbons (Fsp3) is 0.808. The second kappa shape index (κ2) is 27.1. The number of piperidine rings is 2. The minimum atomic E-state index is -1.02. The van der Waals surface area contributed by atoms with E-state index in [0.717, 1.165) is 25.7 Å². The van der Waals surface area contributed by atoms with E-state index in [1.165, 1.54) is 0 Å². The van der Waals surface area contributed by atoms with Gasteiger partial charge in [-0.2, -0.15) is 6.92 Å². The zero-order chi connectivity index (χ0) is 54.8. The van der Waals surface area contributed by atoms with Crippen LogP contribution in [0.3, 0.4) is 0 Å². The monoisotopic (exact) mass is 1420 g/mol. The molecule has 8 unspecified atom stereocenters. The van der Waals surface area contributed by atoms with Crippen molar-refractivity contribution in [3.8, 4) is 0 Å². The molecule has 0 radical (unpaired) electrons. The third-order valence-electron chi connectivity index (χ3n) is 15.4. The van der Waals surface area contributed by atoms with Crippen LogP contribution >= 0.6 is 72.3 Å². The van der Waals surface area contributed by atoms with Gasteiger partial charge in [0.15, 0.2) is 11.6 Å². The van der Waals surface area contributed by atoms with Crippen LogP contribution < -0.4 is 22.5 Å². The van der Waals surface area contributed by atoms with Crippen LogP contribution in [0.25, 0.3) is 0 Å². The van der Waals surface area contributed by atoms with Gasteiger partial charge in [-0.1, -0.05) is 102 Å². The molecule has 2 aliphatic heterocycles. The van der Waals surface area contributed by atoms with E-state index >= 15 is 0 Å². The van der Waals surface area contributed by atoms with Crippen molar-refractivity contribution in [2.75, 3.05) is 13.1 Å². The maximum atomic E-state index is 13.9. The van der Waals surface area contributed by atoms with Gasteiger partial charge in [0.05, 0.1) is 18.1 Å². The van der Waals surface area contributed by atoms with Gasteiger partial charge in [-0.15, -0.1) is 12.4 Å². The summed E-state index contributed by atoms with van der Waals surface area (Å²) < 4.78 is 5.39. The van der Waals surface area contributed by atoms with Gasteiger partial charge < -0.3 is 44.0 Å². The number of carbonyl (C=O) groups is 9. The zero-order valence-electron chi connectivity index (χ0n) is 44.9. The summed E-state index contributed by atoms with van der Waals surface area (Å²) in [6.45, 7) is 30.8. The molecule has 0 aromatic rings. The summed E-state index contributed by atoms with van der Waals surface area (Å²) in [5, 5.41) is 2.73. The van der Waals surface area contributed by atoms with Gasteiger partial charge in [0, 0.05) is 37.8 Å². The molecular formula is C52H88ClI3N6O10V-. The van der Waals surface area contributed by atoms with Crippen LogP contribution in [-0.4, -0.2) is 106 Å². The van der Waals surface area contributed by atoms with Gasteiger partial charge in [0.25, 0.3) is 11.8 Å². The number of rotatable bonds is 17. The number of nitrogens with one attached hydrogen (secondary N) is 1. The van der Waals surface area contributed by atoms with E-state index in [2.05, 4.69) is 99.9 Å². The Kier molecular flexibility index (Phi) is 26.0. The van der Waals surface area contributed by atoms with E-state index in [4.69, 9.17) is 21.9 Å². The molecule has 5 amide bonds. The van der Waals surface area contributed by atoms with Crippen LogP contribution in [0, 0.1) is 75.9 Å². The molecule has 0 aromatic heterocycles. The van der Waals surface area contributed by atoms with Crippen molar-refractivity contribution in [1.82, 2.24) is 15.1 Å². The van der Waals surface area contributed by atoms with Crippen molar-refractivity contribution in [3.05, 3.63) is 6.92 Å². The number of nitrogens with two attached hydrogens (primary N) is 3. The first kappa shape index (κ1) is 69.9. The second-order valence-corrected chi connectivity index (χ2v) is 60.2. The summed E-state index contributed by atoms with van der Waals surface area (Å²) >= 11 is 7.39. The minimum absolute atomic E-state index is 0. The number of Topliss-reactive ketones (excluding diaryl/α,β-unsaturated/α-hetero) is 4. The number of halogens is 4. The van der Waals surface area contributed by atoms with Crippen LogP contribution in [0.15, 0.2) is 0 Å². The molecule has 73 heavy (non-hydrogen) atoms. The molecule has 2 saturated heterocycles. The fourth-order valence-electron chi connectivity index (χ4n) is 10.8. The molecule has 10 atom stereocenters. The number of likely N-dealkylation sites (tertiary alicyclic amines) is 2. The van der Waals surface area contributed by atoms with Crippen molar-refractivity contribution >= 4 is 125 Å². The van der Waals surface area contributed by atoms with E-state index in [9.17, 15) is 43.2 Å². The van der Waals surface area contributed by atoms with Gasteiger partial charge in [-0.25, -0.2) is 4.79 Å². The SMILES string of the molecule is C.CC(C)(C)C(N)C(=O)N1CC2[C@@H](C1C(=O)CC(CC1CC1)C(=O)C(N)=O)C2(C)C.CC(C)(C)OC(=O)NC(C(=O)N1CC2[C@@H](C1C(=O)CC(CC1CC1)C(=O)C(N)=O)C2(C)C)C(C)(C)C.Cl.[CH2-]C.[I][V]([I])[I]. The van der Waals surface area contributed by atoms with E-state index in [-0.39, 0.29) is 95.5 Å². The molecule has 6 aliphatic rings. The van der Waals surface area contributed by atoms with E-state index in [1.54, 1.807) is 37.5 Å². The molecule has 0 spiro atoms. The summed E-state index contributed by atoms with van der Waals surface area (Å²) in [6.07, 6.45) is 4.15. The molecule has 6 rings (SSSR count). The number of primary amides is 2. The number of hydrogen-bond donors (Lipinski definition) is 4. The van der Waals surface area contributed by atoms with Gasteiger partial charge >= 0.3 is 71.0 Å². The molecule has 4 aliphatic carbocycles. The zero-order valence-corrected chi connectivity index (χ0v) is 53.6. The Morgan fingerprint density at radius 1 is 0.658 bits per heavy atom. The number of ketones is 4. The Balaban J connectivity index is 0.000000653. The number of carbonyl (C=O) groups excluding carboxylic acids is 9. The Morgan fingerprint density at radius 2 is 0.986 bits per heavy atom. The standard InChI is InChI=1S/C27H43N3O6.C22H35N3O4.C2H5.CH4.ClH.3HI.V/c1-25(2,3)21(29-24(35)36-26(4,5)6)23(34)30-13-16-18(27(16,7)8)19(30)17(31)12-15(11-14-9-10-14)20(32)22(28)33;1-21(2,3)18(23)20(29)25-10-13-15(22(13,4)5)16(25)14(26)9-12(8-11-6-7-11)17(27)19(24)28;1-2;;;;;;/h14-16,18-19,21H,9-13H2,1-8H3,(H2,28,33)(H,29,35);11-13,15-16,18H,6-10,23H2,1-5H3,(H2,24,28);1H2,2H3;1H4;4*1H;/q;;-1;;;;;;+3/p-3/t15?,16?,18-,19?,21?;12?,13?,15-,16?,18?;;;;;;;/m00......./s1. The van der Waals surface area contributed by atoms with Crippen LogP contribution in [-0.2, 0) is 48.0 Å². The first-order chi connectivity index (χ1) is 32.3. The third kappa shape index (κ3) is 18.7. The average molecular weight is 1420 g/mol. The number of hydrogen-bond acceptors (Lipinski definition) is 11. The Morgan fingerprint density at radius 3 is 1.26 bits per heavy atom. The predicted octanol–water partition coefficient (Wildman–Crippen LogP) is 8.66. The molecule has 0 bridgehead atoms. The third-order valence-corrected chi connectivity index (χ3v) is 15.4. The first-order valence-electron chi connectivity index (χ1n) is 24.9. The summed E-state index contributed by atoms with van der Waals surface area (Å²) in [6, 6.07) is -2.88. The second-order valence-electron chi connectivity index (χ2n) is 24.8. The van der Waals surface area contributed by atoms with Crippen LogP contribution in [0.2, 0.25) is 0 Å². The normalized spacial score (nSPS) is 25.4. The molecule has 7 N–H and O–H groups in total. The number of ether oxygens (including phenoxy) is 1. The topological polar surface area (TPSA) is 259 Å². The number of fused-ring (bicyclic) bond motifs is 2. The predicted molar refractivity (Wildman–Crippen MR) is 309 cm³/mol. The number of amides is 5. The van der Waals surface area contributed by atoms with Gasteiger partial charge in [-0.3, -0.25) is 38.4 Å². The van der Waals surface area contributed by atoms with Gasteiger partial charge in [0.1, 0.15) is 11.6 Å². The van der Waals surface area contributed by atoms with Crippen molar-refractivity contribution in [2.24, 2.45) is 86.2 Å². The van der Waals surface area contributed by atoms with Gasteiger partial charge in [0.2, 0.25) is 23.4 Å². The van der Waals surface area contributed by atoms with Crippen molar-refractivity contribution in [1.29, 1.82) is 0 Å². The Hall–Kier alpha value is -1.15. The summed E-state index contributed by atoms with van der Waals surface area (Å²) in [5.74, 6) is -4.52. The van der Waals surface area contributed by atoms with Crippen LogP contribution in [0.1, 0.15) is 156 Å². The quantitative estimate of drug-likeness (QED) is 0.0608. The molecule has 4 saturated carbocycles. The average Bonchev–Trinajstić information content (AvgIpc) is 4.21. The van der Waals surface area contributed by atoms with Crippen molar-refractivity contribution in [2.45, 2.75) is 185 Å². The van der Waals surface area contributed by atoms with E-state index in [1.807, 2.05) is 41.5 Å². The molecule has 21 heteroatoms. The number of alkyl carbamates (subject to hydrolysis) is 1. The molecule has 0 aromatic carbocycles. The fourth-order valence-corrected chi connectivity index (χ4v) is 10.8. The molecule has 2 heterocycles. The van der Waals surface area contributed by atoms with Crippen molar-refractivity contribution in [3.63, 3.8) is 0 Å². The molecular weight excluding hydrogens is 1340 g/mol. The van der Waals surface area contributed by atoms with Crippen LogP contribution in [0.5, 0.6) is 0 Å². The summed E-state index contributed by atoms with van der Waals surface area (Å²) in [4.78, 5) is 117. The Labute approximate surface area is 480 Å². The first-order valence-corrected chi connectivity index (χ1v) is 38.4.